The summed E-state index contributed by atoms with van der Waals surface area (Å²) in [6.45, 7) is 20.4. The average molecular weight is 642 g/mol. The highest BCUT2D eigenvalue weighted by Gasteiger charge is 2.61. The molecular formula is C40H71N3O3. The molecule has 10 unspecified atom stereocenters. The lowest BCUT2D eigenvalue weighted by Gasteiger charge is -2.58. The Labute approximate surface area is 282 Å². The lowest BCUT2D eigenvalue weighted by Crippen LogP contribution is -2.53. The van der Waals surface area contributed by atoms with Crippen LogP contribution in [0.3, 0.4) is 0 Å². The van der Waals surface area contributed by atoms with Gasteiger partial charge in [0.15, 0.2) is 0 Å². The van der Waals surface area contributed by atoms with Crippen LogP contribution in [0.25, 0.3) is 0 Å². The van der Waals surface area contributed by atoms with Crippen molar-refractivity contribution >= 4 is 11.9 Å². The van der Waals surface area contributed by atoms with Gasteiger partial charge >= 0.3 is 5.97 Å². The zero-order valence-electron chi connectivity index (χ0n) is 31.0. The van der Waals surface area contributed by atoms with Crippen molar-refractivity contribution in [1.29, 1.82) is 0 Å². The standard InChI is InChI=1S/C40H71N3O3/c1-26(2)11-9-12-35(41)37-29(6)23-34-32-15-14-30-24-31(17-19-39(30,7)33(32)18-20-40(34,37)8)42-21-10-22-43-38(45)28(5)13-16-36(44)46-25-27(3)4/h14,26-29,31-35,37,42H,9-13,15-25,41H2,1-8H3,(H,43,45). The first-order valence-electron chi connectivity index (χ1n) is 19.4. The fraction of sp³-hybridized carbons (Fsp3) is 0.900. The molecule has 0 spiro atoms. The molecule has 3 fully saturated rings. The van der Waals surface area contributed by atoms with Gasteiger partial charge in [-0.3, -0.25) is 9.59 Å². The molecule has 10 atom stereocenters. The minimum Gasteiger partial charge on any atom is -0.465 e. The van der Waals surface area contributed by atoms with Gasteiger partial charge in [0.2, 0.25) is 5.91 Å². The maximum Gasteiger partial charge on any atom is 0.305 e. The molecule has 0 aliphatic heterocycles. The molecule has 264 valence electrons. The van der Waals surface area contributed by atoms with Crippen LogP contribution in [0.5, 0.6) is 0 Å². The van der Waals surface area contributed by atoms with Crippen molar-refractivity contribution in [1.82, 2.24) is 10.6 Å². The minimum atomic E-state index is -0.207. The third kappa shape index (κ3) is 8.79. The molecule has 4 aliphatic carbocycles. The van der Waals surface area contributed by atoms with E-state index in [2.05, 4.69) is 51.3 Å². The Hall–Kier alpha value is -1.40. The van der Waals surface area contributed by atoms with Crippen molar-refractivity contribution in [2.75, 3.05) is 19.7 Å². The Morgan fingerprint density at radius 1 is 0.978 bits per heavy atom. The summed E-state index contributed by atoms with van der Waals surface area (Å²) < 4.78 is 5.23. The van der Waals surface area contributed by atoms with Crippen LogP contribution in [0.4, 0.5) is 0 Å². The molecule has 6 heteroatoms. The molecule has 4 rings (SSSR count). The van der Waals surface area contributed by atoms with Gasteiger partial charge in [-0.1, -0.05) is 79.9 Å². The number of nitrogens with one attached hydrogen (secondary N) is 2. The second kappa shape index (κ2) is 16.3. The highest BCUT2D eigenvalue weighted by molar-refractivity contribution is 5.79. The normalized spacial score (nSPS) is 35.2. The number of hydrogen-bond acceptors (Lipinski definition) is 5. The Morgan fingerprint density at radius 2 is 1.74 bits per heavy atom. The van der Waals surface area contributed by atoms with E-state index in [9.17, 15) is 9.59 Å². The smallest absolute Gasteiger partial charge is 0.305 e. The number of amides is 1. The first-order chi connectivity index (χ1) is 21.8. The molecule has 4 N–H and O–H groups in total. The van der Waals surface area contributed by atoms with Gasteiger partial charge in [-0.15, -0.1) is 0 Å². The van der Waals surface area contributed by atoms with E-state index in [0.717, 1.165) is 42.6 Å². The van der Waals surface area contributed by atoms with Gasteiger partial charge in [0.1, 0.15) is 0 Å². The van der Waals surface area contributed by atoms with Gasteiger partial charge in [0.05, 0.1) is 6.61 Å². The van der Waals surface area contributed by atoms with E-state index in [4.69, 9.17) is 10.5 Å². The number of carbonyl (C=O) groups is 2. The molecule has 46 heavy (non-hydrogen) atoms. The quantitative estimate of drug-likeness (QED) is 0.0901. The maximum atomic E-state index is 12.5. The van der Waals surface area contributed by atoms with E-state index in [1.807, 2.05) is 20.8 Å². The van der Waals surface area contributed by atoms with Crippen molar-refractivity contribution in [3.8, 4) is 0 Å². The molecule has 0 bridgehead atoms. The highest BCUT2D eigenvalue weighted by atomic mass is 16.5. The van der Waals surface area contributed by atoms with E-state index in [1.165, 1.54) is 64.2 Å². The largest absolute Gasteiger partial charge is 0.465 e. The van der Waals surface area contributed by atoms with Crippen molar-refractivity contribution < 1.29 is 14.3 Å². The number of fused-ring (bicyclic) bond motifs is 5. The van der Waals surface area contributed by atoms with Crippen LogP contribution in [0.2, 0.25) is 0 Å². The molecule has 4 aliphatic rings. The van der Waals surface area contributed by atoms with Crippen LogP contribution in [0.1, 0.15) is 139 Å². The third-order valence-corrected chi connectivity index (χ3v) is 13.2. The molecule has 0 aromatic carbocycles. The van der Waals surface area contributed by atoms with Crippen LogP contribution in [-0.2, 0) is 14.3 Å². The number of hydrogen-bond donors (Lipinski definition) is 3. The van der Waals surface area contributed by atoms with Gasteiger partial charge in [0.25, 0.3) is 0 Å². The SMILES string of the molecule is CC(C)CCCC(N)C1C(C)CC2C3CC=C4CC(NCCCNC(=O)C(C)CCC(=O)OCC(C)C)CCC4(C)C3CCC21C. The van der Waals surface area contributed by atoms with Crippen LogP contribution in [0.15, 0.2) is 11.6 Å². The molecule has 0 radical (unpaired) electrons. The summed E-state index contributed by atoms with van der Waals surface area (Å²) in [5, 5.41) is 6.91. The van der Waals surface area contributed by atoms with Crippen LogP contribution < -0.4 is 16.4 Å². The second-order valence-corrected chi connectivity index (χ2v) is 17.6. The van der Waals surface area contributed by atoms with Crippen LogP contribution in [0, 0.1) is 58.2 Å². The molecule has 1 amide bonds. The molecule has 3 saturated carbocycles. The zero-order chi connectivity index (χ0) is 33.6. The van der Waals surface area contributed by atoms with Crippen molar-refractivity contribution in [2.24, 2.45) is 63.9 Å². The number of ether oxygens (including phenoxy) is 1. The molecule has 0 heterocycles. The number of carbonyl (C=O) groups excluding carboxylic acids is 2. The Bertz CT molecular complexity index is 1040. The summed E-state index contributed by atoms with van der Waals surface area (Å²) in [5.41, 5.74) is 9.52. The van der Waals surface area contributed by atoms with Crippen LogP contribution >= 0.6 is 0 Å². The highest BCUT2D eigenvalue weighted by Crippen LogP contribution is 2.67. The number of allylic oxidation sites excluding steroid dienone is 1. The fourth-order valence-corrected chi connectivity index (χ4v) is 10.7. The third-order valence-electron chi connectivity index (χ3n) is 13.2. The minimum absolute atomic E-state index is 0.0340. The summed E-state index contributed by atoms with van der Waals surface area (Å²) in [5.74, 6) is 4.64. The van der Waals surface area contributed by atoms with Gasteiger partial charge in [-0.2, -0.15) is 0 Å². The summed E-state index contributed by atoms with van der Waals surface area (Å²) in [4.78, 5) is 24.4. The Balaban J connectivity index is 1.21. The molecule has 0 saturated heterocycles. The topological polar surface area (TPSA) is 93.5 Å². The second-order valence-electron chi connectivity index (χ2n) is 17.6. The number of esters is 1. The van der Waals surface area contributed by atoms with Crippen molar-refractivity contribution in [2.45, 2.75) is 151 Å². The predicted molar refractivity (Wildman–Crippen MR) is 190 cm³/mol. The first-order valence-corrected chi connectivity index (χ1v) is 19.4. The van der Waals surface area contributed by atoms with E-state index < -0.39 is 0 Å². The number of nitrogens with two attached hydrogens (primary N) is 1. The summed E-state index contributed by atoms with van der Waals surface area (Å²) in [6, 6.07) is 0.893. The molecule has 0 aromatic heterocycles. The maximum absolute atomic E-state index is 12.5. The van der Waals surface area contributed by atoms with Gasteiger partial charge in [-0.25, -0.2) is 0 Å². The molecule has 0 aromatic rings. The van der Waals surface area contributed by atoms with Gasteiger partial charge < -0.3 is 21.1 Å². The summed E-state index contributed by atoms with van der Waals surface area (Å²) >= 11 is 0. The lowest BCUT2D eigenvalue weighted by atomic mass is 9.47. The van der Waals surface area contributed by atoms with Crippen molar-refractivity contribution in [3.63, 3.8) is 0 Å². The number of rotatable bonds is 16. The monoisotopic (exact) mass is 642 g/mol. The average Bonchev–Trinajstić information content (AvgIpc) is 3.28. The van der Waals surface area contributed by atoms with E-state index in [-0.39, 0.29) is 17.8 Å². The Kier molecular flexibility index (Phi) is 13.3. The zero-order valence-corrected chi connectivity index (χ0v) is 31.0. The van der Waals surface area contributed by atoms with Crippen molar-refractivity contribution in [3.05, 3.63) is 11.6 Å². The molecular weight excluding hydrogens is 570 g/mol. The lowest BCUT2D eigenvalue weighted by molar-refractivity contribution is -0.145. The molecule has 6 nitrogen and oxygen atoms in total. The van der Waals surface area contributed by atoms with E-state index in [1.54, 1.807) is 5.57 Å². The first kappa shape index (κ1) is 37.4. The summed E-state index contributed by atoms with van der Waals surface area (Å²) in [7, 11) is 0. The Morgan fingerprint density at radius 3 is 2.46 bits per heavy atom. The van der Waals surface area contributed by atoms with Gasteiger partial charge in [-0.05, 0) is 123 Å². The fourth-order valence-electron chi connectivity index (χ4n) is 10.7. The van der Waals surface area contributed by atoms with Gasteiger partial charge in [0, 0.05) is 31.0 Å². The van der Waals surface area contributed by atoms with Crippen LogP contribution in [-0.4, -0.2) is 43.7 Å². The summed E-state index contributed by atoms with van der Waals surface area (Å²) in [6.07, 6.45) is 17.3. The predicted octanol–water partition coefficient (Wildman–Crippen LogP) is 8.05. The van der Waals surface area contributed by atoms with E-state index in [0.29, 0.717) is 60.7 Å². The van der Waals surface area contributed by atoms with E-state index >= 15 is 0 Å².